The van der Waals surface area contributed by atoms with Crippen LogP contribution in [-0.4, -0.2) is 14.3 Å². The minimum atomic E-state index is -4.10. The molecule has 8 heteroatoms. The highest BCUT2D eigenvalue weighted by Gasteiger charge is 2.19. The van der Waals surface area contributed by atoms with Crippen molar-refractivity contribution < 1.29 is 17.4 Å². The highest BCUT2D eigenvalue weighted by atomic mass is 35.5. The zero-order valence-corrected chi connectivity index (χ0v) is 18.9. The van der Waals surface area contributed by atoms with Gasteiger partial charge in [0.1, 0.15) is 22.3 Å². The molecule has 0 aliphatic heterocycles. The number of hydrogen-bond acceptors (Lipinski definition) is 5. The summed E-state index contributed by atoms with van der Waals surface area (Å²) < 4.78 is 30.6. The van der Waals surface area contributed by atoms with Gasteiger partial charge in [-0.15, -0.1) is 0 Å². The van der Waals surface area contributed by atoms with Crippen molar-refractivity contribution in [1.82, 2.24) is 0 Å². The van der Waals surface area contributed by atoms with Crippen LogP contribution in [0.2, 0.25) is 5.02 Å². The maximum absolute atomic E-state index is 12.7. The molecule has 1 amide bonds. The Morgan fingerprint density at radius 3 is 2.44 bits per heavy atom. The van der Waals surface area contributed by atoms with Crippen LogP contribution in [0.3, 0.4) is 0 Å². The van der Waals surface area contributed by atoms with Crippen molar-refractivity contribution in [2.45, 2.75) is 18.7 Å². The zero-order chi connectivity index (χ0) is 23.3. The quantitative estimate of drug-likeness (QED) is 0.303. The van der Waals surface area contributed by atoms with Crippen LogP contribution in [0.1, 0.15) is 16.7 Å². The number of anilines is 1. The summed E-state index contributed by atoms with van der Waals surface area (Å²) in [7, 11) is -4.10. The number of para-hydroxylation sites is 1. The van der Waals surface area contributed by atoms with E-state index < -0.39 is 16.0 Å². The van der Waals surface area contributed by atoms with E-state index in [-0.39, 0.29) is 21.8 Å². The summed E-state index contributed by atoms with van der Waals surface area (Å²) in [6.07, 6.45) is 1.27. The molecular formula is C24H19ClN2O4S. The lowest BCUT2D eigenvalue weighted by Crippen LogP contribution is -2.14. The number of amides is 1. The van der Waals surface area contributed by atoms with Gasteiger partial charge in [-0.25, -0.2) is 0 Å². The maximum Gasteiger partial charge on any atom is 0.339 e. The predicted octanol–water partition coefficient (Wildman–Crippen LogP) is 5.27. The summed E-state index contributed by atoms with van der Waals surface area (Å²) >= 11 is 5.98. The van der Waals surface area contributed by atoms with Gasteiger partial charge in [-0.1, -0.05) is 53.6 Å². The van der Waals surface area contributed by atoms with Crippen LogP contribution >= 0.6 is 11.6 Å². The molecule has 6 nitrogen and oxygen atoms in total. The third-order valence-corrected chi connectivity index (χ3v) is 6.02. The van der Waals surface area contributed by atoms with E-state index in [1.807, 2.05) is 13.0 Å². The predicted molar refractivity (Wildman–Crippen MR) is 124 cm³/mol. The van der Waals surface area contributed by atoms with Gasteiger partial charge in [0, 0.05) is 16.3 Å². The van der Waals surface area contributed by atoms with Crippen molar-refractivity contribution in [2.24, 2.45) is 0 Å². The number of nitrogens with one attached hydrogen (secondary N) is 1. The molecule has 0 fully saturated rings. The molecule has 162 valence electrons. The largest absolute Gasteiger partial charge is 0.378 e. The number of nitrogens with zero attached hydrogens (tertiary/aromatic N) is 1. The Bertz CT molecular complexity index is 1340. The van der Waals surface area contributed by atoms with E-state index in [9.17, 15) is 18.5 Å². The van der Waals surface area contributed by atoms with Crippen molar-refractivity contribution in [3.63, 3.8) is 0 Å². The molecule has 0 aliphatic carbocycles. The van der Waals surface area contributed by atoms with E-state index in [1.165, 1.54) is 24.3 Å². The molecule has 0 saturated carbocycles. The second-order valence-electron chi connectivity index (χ2n) is 6.97. The van der Waals surface area contributed by atoms with Crippen LogP contribution in [0.15, 0.2) is 77.2 Å². The van der Waals surface area contributed by atoms with E-state index >= 15 is 0 Å². The molecule has 0 spiro atoms. The molecule has 3 aromatic rings. The number of carbonyl (C=O) groups is 1. The lowest BCUT2D eigenvalue weighted by molar-refractivity contribution is -0.112. The van der Waals surface area contributed by atoms with Gasteiger partial charge in [-0.2, -0.15) is 13.7 Å². The number of hydrogen-bond donors (Lipinski definition) is 1. The second-order valence-corrected chi connectivity index (χ2v) is 8.95. The highest BCUT2D eigenvalue weighted by molar-refractivity contribution is 7.87. The Morgan fingerprint density at radius 2 is 1.75 bits per heavy atom. The van der Waals surface area contributed by atoms with Crippen molar-refractivity contribution >= 4 is 39.4 Å². The SMILES string of the molecule is Cc1ccc(S(=O)(=O)Oc2ccccc2/C=C(\C#N)C(=O)Nc2cc(Cl)ccc2C)cc1. The van der Waals surface area contributed by atoms with Gasteiger partial charge in [0.2, 0.25) is 0 Å². The summed E-state index contributed by atoms with van der Waals surface area (Å²) in [5.41, 5.74) is 2.18. The Labute approximate surface area is 191 Å². The smallest absolute Gasteiger partial charge is 0.339 e. The number of nitriles is 1. The molecule has 0 radical (unpaired) electrons. The van der Waals surface area contributed by atoms with Crippen LogP contribution < -0.4 is 9.50 Å². The highest BCUT2D eigenvalue weighted by Crippen LogP contribution is 2.26. The van der Waals surface area contributed by atoms with Gasteiger partial charge in [-0.3, -0.25) is 4.79 Å². The first kappa shape index (κ1) is 23.1. The Morgan fingerprint density at radius 1 is 1.06 bits per heavy atom. The lowest BCUT2D eigenvalue weighted by atomic mass is 10.1. The standard InChI is InChI=1S/C24H19ClN2O4S/c1-16-7-11-21(12-8-16)32(29,30)31-23-6-4-3-5-18(23)13-19(15-26)24(28)27-22-14-20(25)10-9-17(22)2/h3-14H,1-2H3,(H,27,28)/b19-13+. The number of aryl methyl sites for hydroxylation is 2. The van der Waals surface area contributed by atoms with E-state index in [4.69, 9.17) is 15.8 Å². The Balaban J connectivity index is 1.91. The lowest BCUT2D eigenvalue weighted by Gasteiger charge is -2.11. The summed E-state index contributed by atoms with van der Waals surface area (Å²) in [5, 5.41) is 12.6. The van der Waals surface area contributed by atoms with Gasteiger partial charge >= 0.3 is 10.1 Å². The van der Waals surface area contributed by atoms with Crippen LogP contribution in [-0.2, 0) is 14.9 Å². The monoisotopic (exact) mass is 466 g/mol. The minimum Gasteiger partial charge on any atom is -0.378 e. The molecule has 32 heavy (non-hydrogen) atoms. The number of halogens is 1. The minimum absolute atomic E-state index is 0.00318. The molecule has 0 unspecified atom stereocenters. The van der Waals surface area contributed by atoms with Crippen LogP contribution in [0.25, 0.3) is 6.08 Å². The third kappa shape index (κ3) is 5.55. The van der Waals surface area contributed by atoms with Gasteiger partial charge in [0.15, 0.2) is 0 Å². The maximum atomic E-state index is 12.7. The first-order chi connectivity index (χ1) is 15.2. The molecular weight excluding hydrogens is 448 g/mol. The molecule has 0 atom stereocenters. The Kier molecular flexibility index (Phi) is 6.98. The topological polar surface area (TPSA) is 96.3 Å². The summed E-state index contributed by atoms with van der Waals surface area (Å²) in [6, 6.07) is 19.3. The molecule has 0 saturated heterocycles. The van der Waals surface area contributed by atoms with Crippen molar-refractivity contribution in [2.75, 3.05) is 5.32 Å². The van der Waals surface area contributed by atoms with Crippen molar-refractivity contribution in [3.05, 3.63) is 94.0 Å². The number of carbonyl (C=O) groups excluding carboxylic acids is 1. The molecule has 0 bridgehead atoms. The average molecular weight is 467 g/mol. The second kappa shape index (κ2) is 9.69. The van der Waals surface area contributed by atoms with E-state index in [0.29, 0.717) is 10.7 Å². The molecule has 0 heterocycles. The first-order valence-electron chi connectivity index (χ1n) is 9.49. The van der Waals surface area contributed by atoms with Crippen LogP contribution in [0.5, 0.6) is 5.75 Å². The normalized spacial score (nSPS) is 11.5. The molecule has 1 N–H and O–H groups in total. The van der Waals surface area contributed by atoms with E-state index in [1.54, 1.807) is 55.5 Å². The van der Waals surface area contributed by atoms with Crippen molar-refractivity contribution in [3.8, 4) is 11.8 Å². The Hall–Kier alpha value is -3.60. The fourth-order valence-corrected chi connectivity index (χ4v) is 3.90. The van der Waals surface area contributed by atoms with Crippen LogP contribution in [0, 0.1) is 25.2 Å². The number of rotatable bonds is 6. The molecule has 3 rings (SSSR count). The average Bonchev–Trinajstić information content (AvgIpc) is 2.75. The van der Waals surface area contributed by atoms with E-state index in [2.05, 4.69) is 5.32 Å². The summed E-state index contributed by atoms with van der Waals surface area (Å²) in [5.74, 6) is -0.665. The van der Waals surface area contributed by atoms with Crippen molar-refractivity contribution in [1.29, 1.82) is 5.26 Å². The van der Waals surface area contributed by atoms with Gasteiger partial charge in [-0.05, 0) is 55.8 Å². The summed E-state index contributed by atoms with van der Waals surface area (Å²) in [6.45, 7) is 3.64. The van der Waals surface area contributed by atoms with E-state index in [0.717, 1.165) is 11.1 Å². The fourth-order valence-electron chi connectivity index (χ4n) is 2.77. The van der Waals surface area contributed by atoms with Gasteiger partial charge in [0.25, 0.3) is 5.91 Å². The van der Waals surface area contributed by atoms with Crippen LogP contribution in [0.4, 0.5) is 5.69 Å². The first-order valence-corrected chi connectivity index (χ1v) is 11.3. The third-order valence-electron chi connectivity index (χ3n) is 4.54. The number of benzene rings is 3. The van der Waals surface area contributed by atoms with Gasteiger partial charge < -0.3 is 9.50 Å². The molecule has 0 aromatic heterocycles. The fraction of sp³-hybridized carbons (Fsp3) is 0.0833. The molecule has 3 aromatic carbocycles. The summed E-state index contributed by atoms with van der Waals surface area (Å²) in [4.78, 5) is 12.7. The molecule has 0 aliphatic rings. The zero-order valence-electron chi connectivity index (χ0n) is 17.3. The van der Waals surface area contributed by atoms with Gasteiger partial charge in [0.05, 0.1) is 0 Å².